The van der Waals surface area contributed by atoms with Crippen molar-refractivity contribution in [3.05, 3.63) is 81.3 Å². The number of benzene rings is 2. The molecule has 2 atom stereocenters. The summed E-state index contributed by atoms with van der Waals surface area (Å²) in [4.78, 5) is 31.6. The van der Waals surface area contributed by atoms with Gasteiger partial charge in [-0.3, -0.25) is 18.9 Å². The highest BCUT2D eigenvalue weighted by molar-refractivity contribution is 7.87. The number of ether oxygens (including phenoxy) is 1. The van der Waals surface area contributed by atoms with E-state index in [9.17, 15) is 18.0 Å². The first-order chi connectivity index (χ1) is 17.1. The molecule has 9 nitrogen and oxygen atoms in total. The van der Waals surface area contributed by atoms with Crippen LogP contribution in [0.15, 0.2) is 54.6 Å². The predicted octanol–water partition coefficient (Wildman–Crippen LogP) is 3.66. The summed E-state index contributed by atoms with van der Waals surface area (Å²) >= 11 is 1.48. The predicted molar refractivity (Wildman–Crippen MR) is 138 cm³/mol. The van der Waals surface area contributed by atoms with Crippen molar-refractivity contribution < 1.29 is 27.3 Å². The zero-order valence-corrected chi connectivity index (χ0v) is 21.9. The maximum atomic E-state index is 13.4. The van der Waals surface area contributed by atoms with Gasteiger partial charge in [-0.1, -0.05) is 49.4 Å². The Morgan fingerprint density at radius 1 is 1.06 bits per heavy atom. The van der Waals surface area contributed by atoms with Gasteiger partial charge in [-0.2, -0.15) is 8.42 Å². The van der Waals surface area contributed by atoms with E-state index in [2.05, 4.69) is 5.32 Å². The van der Waals surface area contributed by atoms with Crippen molar-refractivity contribution in [2.24, 2.45) is 5.92 Å². The number of amides is 1. The van der Waals surface area contributed by atoms with Gasteiger partial charge in [0.1, 0.15) is 10.9 Å². The molecule has 1 aromatic heterocycles. The van der Waals surface area contributed by atoms with Crippen LogP contribution in [-0.2, 0) is 43.9 Å². The quantitative estimate of drug-likeness (QED) is 0.195. The number of rotatable bonds is 11. The monoisotopic (exact) mass is 531 g/mol. The number of hydrogen-bond donors (Lipinski definition) is 3. The van der Waals surface area contributed by atoms with Crippen LogP contribution in [0.3, 0.4) is 0 Å². The lowest BCUT2D eigenvalue weighted by molar-refractivity contribution is -0.150. The van der Waals surface area contributed by atoms with Gasteiger partial charge in [-0.15, -0.1) is 11.3 Å². The van der Waals surface area contributed by atoms with Crippen LogP contribution in [0.4, 0.5) is 5.69 Å². The first-order valence-electron chi connectivity index (χ1n) is 11.3. The number of hydrogen-bond acceptors (Lipinski definition) is 7. The van der Waals surface area contributed by atoms with Crippen LogP contribution in [-0.4, -0.2) is 36.9 Å². The second kappa shape index (κ2) is 12.1. The summed E-state index contributed by atoms with van der Waals surface area (Å²) in [7, 11) is -3.13. The fourth-order valence-electron chi connectivity index (χ4n) is 3.77. The average molecular weight is 532 g/mol. The maximum Gasteiger partial charge on any atom is 0.357 e. The largest absolute Gasteiger partial charge is 0.468 e. The molecular weight excluding hydrogens is 502 g/mol. The van der Waals surface area contributed by atoms with Crippen molar-refractivity contribution in [1.82, 2.24) is 10.3 Å². The van der Waals surface area contributed by atoms with E-state index in [1.54, 1.807) is 12.1 Å². The number of nitrogens with one attached hydrogen (secondary N) is 2. The van der Waals surface area contributed by atoms with E-state index in [-0.39, 0.29) is 12.1 Å². The Kier molecular flexibility index (Phi) is 9.19. The van der Waals surface area contributed by atoms with E-state index in [1.807, 2.05) is 48.9 Å². The normalized spacial score (nSPS) is 13.0. The molecule has 0 unspecified atom stereocenters. The number of aryl methyl sites for hydroxylation is 2. The van der Waals surface area contributed by atoms with E-state index in [1.165, 1.54) is 30.6 Å². The number of esters is 1. The van der Waals surface area contributed by atoms with Crippen LogP contribution < -0.4 is 10.0 Å². The standard InChI is InChI=1S/C25H29N3O6S2/c1-4-21-16(2)35-24(27-21)22(15-18-10-12-19(13-11-18)28-36(31,32)33)26-23(29)20(25(30)34-3)14-17-8-6-5-7-9-17/h5-13,20,22,28H,4,14-15H2,1-3H3,(H,26,29)(H,31,32,33)/t20-,22-/m0/s1. The molecule has 1 amide bonds. The van der Waals surface area contributed by atoms with Crippen LogP contribution >= 0.6 is 11.3 Å². The Morgan fingerprint density at radius 2 is 1.69 bits per heavy atom. The lowest BCUT2D eigenvalue weighted by atomic mass is 9.97. The summed E-state index contributed by atoms with van der Waals surface area (Å²) in [6.07, 6.45) is 1.30. The topological polar surface area (TPSA) is 135 Å². The maximum absolute atomic E-state index is 13.4. The van der Waals surface area contributed by atoms with Gasteiger partial charge in [0.2, 0.25) is 5.91 Å². The zero-order chi connectivity index (χ0) is 26.3. The molecule has 0 bridgehead atoms. The molecular formula is C25H29N3O6S2. The van der Waals surface area contributed by atoms with Gasteiger partial charge in [0.25, 0.3) is 0 Å². The zero-order valence-electron chi connectivity index (χ0n) is 20.2. The second-order valence-electron chi connectivity index (χ2n) is 8.21. The molecule has 0 spiro atoms. The van der Waals surface area contributed by atoms with Crippen LogP contribution in [0.2, 0.25) is 0 Å². The molecule has 36 heavy (non-hydrogen) atoms. The first kappa shape index (κ1) is 27.3. The average Bonchev–Trinajstić information content (AvgIpc) is 3.23. The Labute approximate surface area is 214 Å². The van der Waals surface area contributed by atoms with Crippen molar-refractivity contribution in [2.75, 3.05) is 11.8 Å². The lowest BCUT2D eigenvalue weighted by Gasteiger charge is -2.21. The number of carbonyl (C=O) groups is 2. The highest BCUT2D eigenvalue weighted by Gasteiger charge is 2.31. The van der Waals surface area contributed by atoms with Crippen LogP contribution in [0.5, 0.6) is 0 Å². The van der Waals surface area contributed by atoms with E-state index >= 15 is 0 Å². The van der Waals surface area contributed by atoms with Gasteiger partial charge in [-0.25, -0.2) is 4.98 Å². The summed E-state index contributed by atoms with van der Waals surface area (Å²) in [5.41, 5.74) is 2.77. The number of aromatic nitrogens is 1. The third kappa shape index (κ3) is 7.61. The van der Waals surface area contributed by atoms with Crippen molar-refractivity contribution in [1.29, 1.82) is 0 Å². The molecule has 0 saturated carbocycles. The van der Waals surface area contributed by atoms with E-state index in [4.69, 9.17) is 14.3 Å². The molecule has 0 aliphatic carbocycles. The van der Waals surface area contributed by atoms with Crippen molar-refractivity contribution in [2.45, 2.75) is 39.2 Å². The fourth-order valence-corrected chi connectivity index (χ4v) is 5.26. The summed E-state index contributed by atoms with van der Waals surface area (Å²) in [5.74, 6) is -2.13. The summed E-state index contributed by atoms with van der Waals surface area (Å²) in [5, 5.41) is 3.70. The van der Waals surface area contributed by atoms with Crippen LogP contribution in [0.1, 0.15) is 39.7 Å². The number of carbonyl (C=O) groups excluding carboxylic acids is 2. The first-order valence-corrected chi connectivity index (χ1v) is 13.6. The molecule has 0 fully saturated rings. The Bertz CT molecular complexity index is 1290. The summed E-state index contributed by atoms with van der Waals surface area (Å²) in [6, 6.07) is 15.1. The Morgan fingerprint density at radius 3 is 2.25 bits per heavy atom. The third-order valence-electron chi connectivity index (χ3n) is 5.58. The van der Waals surface area contributed by atoms with Gasteiger partial charge in [0.05, 0.1) is 24.5 Å². The van der Waals surface area contributed by atoms with E-state index in [0.717, 1.165) is 28.1 Å². The van der Waals surface area contributed by atoms with E-state index in [0.29, 0.717) is 11.4 Å². The molecule has 3 aromatic rings. The van der Waals surface area contributed by atoms with Gasteiger partial charge in [-0.05, 0) is 49.4 Å². The summed E-state index contributed by atoms with van der Waals surface area (Å²) < 4.78 is 38.0. The molecule has 0 saturated heterocycles. The van der Waals surface area contributed by atoms with Crippen molar-refractivity contribution in [3.63, 3.8) is 0 Å². The number of nitrogens with zero attached hydrogens (tertiary/aromatic N) is 1. The highest BCUT2D eigenvalue weighted by Crippen LogP contribution is 2.27. The highest BCUT2D eigenvalue weighted by atomic mass is 32.2. The van der Waals surface area contributed by atoms with Crippen LogP contribution in [0, 0.1) is 12.8 Å². The van der Waals surface area contributed by atoms with Gasteiger partial charge < -0.3 is 10.1 Å². The SMILES string of the molecule is CCc1nc([C@H](Cc2ccc(NS(=O)(=O)O)cc2)NC(=O)[C@H](Cc2ccccc2)C(=O)OC)sc1C. The molecule has 3 N–H and O–H groups in total. The van der Waals surface area contributed by atoms with E-state index < -0.39 is 34.1 Å². The van der Waals surface area contributed by atoms with Crippen molar-refractivity contribution in [3.8, 4) is 0 Å². The molecule has 0 aliphatic rings. The summed E-state index contributed by atoms with van der Waals surface area (Å²) in [6.45, 7) is 3.98. The molecule has 0 aliphatic heterocycles. The van der Waals surface area contributed by atoms with Gasteiger partial charge in [0.15, 0.2) is 0 Å². The Hall–Kier alpha value is -3.28. The number of methoxy groups -OCH3 is 1. The third-order valence-corrected chi connectivity index (χ3v) is 7.20. The number of thiazole rings is 1. The minimum absolute atomic E-state index is 0.194. The molecule has 192 valence electrons. The smallest absolute Gasteiger partial charge is 0.357 e. The molecule has 11 heteroatoms. The molecule has 1 heterocycles. The number of anilines is 1. The molecule has 2 aromatic carbocycles. The van der Waals surface area contributed by atoms with Gasteiger partial charge in [0, 0.05) is 4.88 Å². The molecule has 0 radical (unpaired) electrons. The Balaban J connectivity index is 1.87. The fraction of sp³-hybridized carbons (Fsp3) is 0.320. The van der Waals surface area contributed by atoms with Crippen molar-refractivity contribution >= 4 is 39.2 Å². The van der Waals surface area contributed by atoms with Crippen LogP contribution in [0.25, 0.3) is 0 Å². The minimum atomic E-state index is -4.38. The minimum Gasteiger partial charge on any atom is -0.468 e. The second-order valence-corrected chi connectivity index (χ2v) is 10.6. The van der Waals surface area contributed by atoms with Gasteiger partial charge >= 0.3 is 16.3 Å². The lowest BCUT2D eigenvalue weighted by Crippen LogP contribution is -2.40. The molecule has 3 rings (SSSR count).